The minimum absolute atomic E-state index is 0.165. The Balaban J connectivity index is 2.20. The van der Waals surface area contributed by atoms with Crippen LogP contribution in [-0.4, -0.2) is 27.5 Å². The van der Waals surface area contributed by atoms with Gasteiger partial charge in [0.2, 0.25) is 10.0 Å². The Morgan fingerprint density at radius 2 is 1.88 bits per heavy atom. The molecule has 4 N–H and O–H groups in total. The number of primary sulfonamides is 1. The third-order valence-corrected chi connectivity index (χ3v) is 3.86. The summed E-state index contributed by atoms with van der Waals surface area (Å²) in [6.45, 7) is 1.91. The zero-order valence-electron chi connectivity index (χ0n) is 9.52. The first kappa shape index (κ1) is 12.3. The first-order valence-electron chi connectivity index (χ1n) is 5.66. The van der Waals surface area contributed by atoms with Crippen LogP contribution < -0.4 is 15.8 Å². The van der Waals surface area contributed by atoms with Crippen molar-refractivity contribution in [2.24, 2.45) is 5.14 Å². The zero-order valence-corrected chi connectivity index (χ0v) is 10.3. The summed E-state index contributed by atoms with van der Waals surface area (Å²) in [5.41, 5.74) is 0.599. The fourth-order valence-corrected chi connectivity index (χ4v) is 2.72. The predicted octanol–water partition coefficient (Wildman–Crippen LogP) is 0.498. The molecular formula is C11H17N3O2S. The van der Waals surface area contributed by atoms with E-state index >= 15 is 0 Å². The second kappa shape index (κ2) is 5.03. The Morgan fingerprint density at radius 3 is 2.53 bits per heavy atom. The fraction of sp³-hybridized carbons (Fsp3) is 0.455. The van der Waals surface area contributed by atoms with Gasteiger partial charge in [0, 0.05) is 6.04 Å². The Kier molecular flexibility index (Phi) is 3.66. The molecule has 1 aromatic rings. The van der Waals surface area contributed by atoms with E-state index < -0.39 is 10.0 Å². The van der Waals surface area contributed by atoms with Crippen LogP contribution in [0.4, 0.5) is 5.69 Å². The smallest absolute Gasteiger partial charge is 0.240 e. The molecule has 1 fully saturated rings. The van der Waals surface area contributed by atoms with Gasteiger partial charge in [-0.25, -0.2) is 13.6 Å². The fourth-order valence-electron chi connectivity index (χ4n) is 2.02. The van der Waals surface area contributed by atoms with E-state index in [1.54, 1.807) is 18.2 Å². The summed E-state index contributed by atoms with van der Waals surface area (Å²) >= 11 is 0. The van der Waals surface area contributed by atoms with E-state index in [1.807, 2.05) is 0 Å². The number of para-hydroxylation sites is 1. The molecule has 1 aliphatic rings. The van der Waals surface area contributed by atoms with Crippen LogP contribution in [0.2, 0.25) is 0 Å². The molecule has 2 rings (SSSR count). The Morgan fingerprint density at radius 1 is 1.24 bits per heavy atom. The van der Waals surface area contributed by atoms with Crippen LogP contribution >= 0.6 is 0 Å². The van der Waals surface area contributed by atoms with Crippen LogP contribution in [0.25, 0.3) is 0 Å². The lowest BCUT2D eigenvalue weighted by Gasteiger charge is -2.25. The molecule has 0 spiro atoms. The monoisotopic (exact) mass is 255 g/mol. The Labute approximate surface area is 101 Å². The van der Waals surface area contributed by atoms with Crippen molar-refractivity contribution >= 4 is 15.7 Å². The molecule has 1 heterocycles. The quantitative estimate of drug-likeness (QED) is 0.734. The number of rotatable bonds is 3. The summed E-state index contributed by atoms with van der Waals surface area (Å²) < 4.78 is 22.8. The van der Waals surface area contributed by atoms with Crippen LogP contribution in [0.3, 0.4) is 0 Å². The first-order chi connectivity index (χ1) is 8.07. The maximum atomic E-state index is 11.4. The first-order valence-corrected chi connectivity index (χ1v) is 7.21. The van der Waals surface area contributed by atoms with Crippen molar-refractivity contribution in [2.45, 2.75) is 23.8 Å². The molecule has 0 aliphatic carbocycles. The highest BCUT2D eigenvalue weighted by atomic mass is 32.2. The number of hydrogen-bond donors (Lipinski definition) is 3. The molecule has 6 heteroatoms. The van der Waals surface area contributed by atoms with Crippen LogP contribution in [0.5, 0.6) is 0 Å². The largest absolute Gasteiger partial charge is 0.381 e. The van der Waals surface area contributed by atoms with Gasteiger partial charge in [0.25, 0.3) is 0 Å². The number of benzene rings is 1. The summed E-state index contributed by atoms with van der Waals surface area (Å²) in [4.78, 5) is 0.165. The Hall–Kier alpha value is -1.11. The SMILES string of the molecule is NS(=O)(=O)c1ccccc1NC1CCNCC1. The maximum Gasteiger partial charge on any atom is 0.240 e. The highest BCUT2D eigenvalue weighted by molar-refractivity contribution is 7.89. The normalized spacial score (nSPS) is 17.9. The topological polar surface area (TPSA) is 84.2 Å². The summed E-state index contributed by atoms with van der Waals surface area (Å²) in [6.07, 6.45) is 1.97. The van der Waals surface area contributed by atoms with Gasteiger partial charge in [-0.3, -0.25) is 0 Å². The van der Waals surface area contributed by atoms with Crippen molar-refractivity contribution in [1.82, 2.24) is 5.32 Å². The molecule has 17 heavy (non-hydrogen) atoms. The predicted molar refractivity (Wildman–Crippen MR) is 67.3 cm³/mol. The molecule has 1 aromatic carbocycles. The summed E-state index contributed by atoms with van der Waals surface area (Å²) in [6, 6.07) is 7.06. The minimum atomic E-state index is -3.66. The van der Waals surface area contributed by atoms with Crippen LogP contribution in [0.1, 0.15) is 12.8 Å². The van der Waals surface area contributed by atoms with E-state index in [0.29, 0.717) is 11.7 Å². The number of anilines is 1. The van der Waals surface area contributed by atoms with Gasteiger partial charge in [-0.15, -0.1) is 0 Å². The van der Waals surface area contributed by atoms with Crippen LogP contribution in [0.15, 0.2) is 29.2 Å². The van der Waals surface area contributed by atoms with Crippen molar-refractivity contribution < 1.29 is 8.42 Å². The maximum absolute atomic E-state index is 11.4. The number of piperidine rings is 1. The lowest BCUT2D eigenvalue weighted by molar-refractivity contribution is 0.478. The molecule has 94 valence electrons. The van der Waals surface area contributed by atoms with Gasteiger partial charge in [-0.05, 0) is 38.1 Å². The lowest BCUT2D eigenvalue weighted by Crippen LogP contribution is -2.35. The second-order valence-electron chi connectivity index (χ2n) is 4.21. The minimum Gasteiger partial charge on any atom is -0.381 e. The number of nitrogens with two attached hydrogens (primary N) is 1. The number of hydrogen-bond acceptors (Lipinski definition) is 4. The van der Waals surface area contributed by atoms with Crippen LogP contribution in [0, 0.1) is 0 Å². The average molecular weight is 255 g/mol. The van der Waals surface area contributed by atoms with Gasteiger partial charge in [0.1, 0.15) is 4.90 Å². The van der Waals surface area contributed by atoms with E-state index in [4.69, 9.17) is 5.14 Å². The molecule has 0 atom stereocenters. The standard InChI is InChI=1S/C11H17N3O2S/c12-17(15,16)11-4-2-1-3-10(11)14-9-5-7-13-8-6-9/h1-4,9,13-14H,5-8H2,(H2,12,15,16). The van der Waals surface area contributed by atoms with Crippen LogP contribution in [-0.2, 0) is 10.0 Å². The van der Waals surface area contributed by atoms with Gasteiger partial charge < -0.3 is 10.6 Å². The number of nitrogens with one attached hydrogen (secondary N) is 2. The molecule has 5 nitrogen and oxygen atoms in total. The molecule has 0 bridgehead atoms. The molecule has 0 unspecified atom stereocenters. The molecule has 0 amide bonds. The average Bonchev–Trinajstić information content (AvgIpc) is 2.30. The molecule has 1 aliphatic heterocycles. The van der Waals surface area contributed by atoms with Gasteiger partial charge in [-0.1, -0.05) is 12.1 Å². The molecule has 0 aromatic heterocycles. The van der Waals surface area contributed by atoms with Crippen molar-refractivity contribution in [3.05, 3.63) is 24.3 Å². The highest BCUT2D eigenvalue weighted by Gasteiger charge is 2.17. The summed E-state index contributed by atoms with van der Waals surface area (Å²) in [7, 11) is -3.66. The zero-order chi connectivity index (χ0) is 12.3. The van der Waals surface area contributed by atoms with E-state index in [-0.39, 0.29) is 4.90 Å². The molecule has 1 saturated heterocycles. The molecule has 0 radical (unpaired) electrons. The van der Waals surface area contributed by atoms with Crippen molar-refractivity contribution in [1.29, 1.82) is 0 Å². The molecular weight excluding hydrogens is 238 g/mol. The summed E-state index contributed by atoms with van der Waals surface area (Å²) in [5.74, 6) is 0. The van der Waals surface area contributed by atoms with Gasteiger partial charge in [0.05, 0.1) is 5.69 Å². The highest BCUT2D eigenvalue weighted by Crippen LogP contribution is 2.21. The van der Waals surface area contributed by atoms with Crippen molar-refractivity contribution in [3.8, 4) is 0 Å². The van der Waals surface area contributed by atoms with E-state index in [0.717, 1.165) is 25.9 Å². The van der Waals surface area contributed by atoms with Crippen molar-refractivity contribution in [3.63, 3.8) is 0 Å². The van der Waals surface area contributed by atoms with Gasteiger partial charge in [0.15, 0.2) is 0 Å². The molecule has 0 saturated carbocycles. The lowest BCUT2D eigenvalue weighted by atomic mass is 10.1. The number of sulfonamides is 1. The third kappa shape index (κ3) is 3.18. The third-order valence-electron chi connectivity index (χ3n) is 2.89. The summed E-state index contributed by atoms with van der Waals surface area (Å²) in [5, 5.41) is 11.7. The van der Waals surface area contributed by atoms with Gasteiger partial charge in [-0.2, -0.15) is 0 Å². The second-order valence-corrected chi connectivity index (χ2v) is 5.74. The van der Waals surface area contributed by atoms with E-state index in [2.05, 4.69) is 10.6 Å². The Bertz CT molecular complexity index is 481. The van der Waals surface area contributed by atoms with E-state index in [9.17, 15) is 8.42 Å². The van der Waals surface area contributed by atoms with Crippen molar-refractivity contribution in [2.75, 3.05) is 18.4 Å². The van der Waals surface area contributed by atoms with E-state index in [1.165, 1.54) is 6.07 Å². The van der Waals surface area contributed by atoms with Gasteiger partial charge >= 0.3 is 0 Å².